The van der Waals surface area contributed by atoms with E-state index in [0.717, 1.165) is 29.0 Å². The van der Waals surface area contributed by atoms with Gasteiger partial charge in [-0.2, -0.15) is 0 Å². The van der Waals surface area contributed by atoms with Crippen molar-refractivity contribution in [2.45, 2.75) is 13.0 Å². The molecular weight excluding hydrogens is 272 g/mol. The largest absolute Gasteiger partial charge is 0.467 e. The highest BCUT2D eigenvalue weighted by atomic mass is 16.3. The highest BCUT2D eigenvalue weighted by Crippen LogP contribution is 2.20. The topological polar surface area (TPSA) is 31.0 Å². The first-order valence-corrected chi connectivity index (χ1v) is 7.40. The monoisotopic (exact) mass is 288 g/mol. The summed E-state index contributed by atoms with van der Waals surface area (Å²) in [5.74, 6) is 2.00. The Balaban J connectivity index is 1.79. The molecule has 0 bridgehead atoms. The highest BCUT2D eigenvalue weighted by Gasteiger charge is 2.12. The van der Waals surface area contributed by atoms with Gasteiger partial charge in [-0.15, -0.1) is 0 Å². The van der Waals surface area contributed by atoms with Crippen molar-refractivity contribution >= 4 is 11.0 Å². The molecule has 0 N–H and O–H groups in total. The minimum Gasteiger partial charge on any atom is -0.467 e. The summed E-state index contributed by atoms with van der Waals surface area (Å²) in [5, 5.41) is 0. The normalized spacial score (nSPS) is 11.1. The van der Waals surface area contributed by atoms with Gasteiger partial charge < -0.3 is 8.98 Å². The van der Waals surface area contributed by atoms with Crippen LogP contribution in [0.3, 0.4) is 0 Å². The van der Waals surface area contributed by atoms with Gasteiger partial charge in [-0.1, -0.05) is 42.5 Å². The molecule has 0 unspecified atom stereocenters. The lowest BCUT2D eigenvalue weighted by Gasteiger charge is -2.07. The number of imidazole rings is 1. The van der Waals surface area contributed by atoms with Gasteiger partial charge in [0.2, 0.25) is 0 Å². The Hall–Kier alpha value is -2.81. The van der Waals surface area contributed by atoms with Crippen LogP contribution in [-0.2, 0) is 13.0 Å². The van der Waals surface area contributed by atoms with E-state index in [0.29, 0.717) is 6.54 Å². The zero-order chi connectivity index (χ0) is 14.8. The van der Waals surface area contributed by atoms with Crippen molar-refractivity contribution in [2.24, 2.45) is 0 Å². The first-order chi connectivity index (χ1) is 10.9. The molecular formula is C19H16N2O. The second-order valence-corrected chi connectivity index (χ2v) is 5.34. The van der Waals surface area contributed by atoms with E-state index in [4.69, 9.17) is 9.40 Å². The molecule has 0 fully saturated rings. The highest BCUT2D eigenvalue weighted by molar-refractivity contribution is 5.76. The number of rotatable bonds is 4. The molecule has 0 saturated carbocycles. The lowest BCUT2D eigenvalue weighted by Crippen LogP contribution is -2.05. The SMILES string of the molecule is c1ccc(Cc2nc3ccccc3n2Cc2ccco2)cc1. The lowest BCUT2D eigenvalue weighted by atomic mass is 10.1. The first kappa shape index (κ1) is 12.9. The van der Waals surface area contributed by atoms with E-state index in [1.807, 2.05) is 24.3 Å². The number of fused-ring (bicyclic) bond motifs is 1. The molecule has 4 aromatic rings. The van der Waals surface area contributed by atoms with Crippen molar-refractivity contribution in [1.82, 2.24) is 9.55 Å². The van der Waals surface area contributed by atoms with Gasteiger partial charge in [0.1, 0.15) is 11.6 Å². The fraction of sp³-hybridized carbons (Fsp3) is 0.105. The fourth-order valence-corrected chi connectivity index (χ4v) is 2.77. The van der Waals surface area contributed by atoms with Crippen LogP contribution in [-0.4, -0.2) is 9.55 Å². The molecule has 0 amide bonds. The van der Waals surface area contributed by atoms with E-state index >= 15 is 0 Å². The Bertz CT molecular complexity index is 876. The standard InChI is InChI=1S/C19H16N2O/c1-2-7-15(8-3-1)13-19-20-17-10-4-5-11-18(17)21(19)14-16-9-6-12-22-16/h1-12H,13-14H2. The Morgan fingerprint density at radius 2 is 1.68 bits per heavy atom. The maximum absolute atomic E-state index is 5.51. The predicted octanol–water partition coefficient (Wildman–Crippen LogP) is 4.27. The smallest absolute Gasteiger partial charge is 0.123 e. The van der Waals surface area contributed by atoms with Crippen LogP contribution < -0.4 is 0 Å². The Morgan fingerprint density at radius 3 is 2.50 bits per heavy atom. The summed E-state index contributed by atoms with van der Waals surface area (Å²) < 4.78 is 7.75. The van der Waals surface area contributed by atoms with Crippen molar-refractivity contribution in [1.29, 1.82) is 0 Å². The zero-order valence-corrected chi connectivity index (χ0v) is 12.1. The van der Waals surface area contributed by atoms with Crippen molar-refractivity contribution in [3.8, 4) is 0 Å². The molecule has 0 radical (unpaired) electrons. The Morgan fingerprint density at radius 1 is 0.864 bits per heavy atom. The average molecular weight is 288 g/mol. The van der Waals surface area contributed by atoms with Crippen molar-refractivity contribution in [2.75, 3.05) is 0 Å². The van der Waals surface area contributed by atoms with E-state index in [1.54, 1.807) is 6.26 Å². The van der Waals surface area contributed by atoms with Crippen LogP contribution in [0.1, 0.15) is 17.1 Å². The van der Waals surface area contributed by atoms with Gasteiger partial charge in [-0.25, -0.2) is 4.98 Å². The van der Waals surface area contributed by atoms with Crippen LogP contribution >= 0.6 is 0 Å². The van der Waals surface area contributed by atoms with E-state index in [-0.39, 0.29) is 0 Å². The van der Waals surface area contributed by atoms with Crippen LogP contribution in [0.5, 0.6) is 0 Å². The van der Waals surface area contributed by atoms with Gasteiger partial charge >= 0.3 is 0 Å². The Labute approximate surface area is 128 Å². The zero-order valence-electron chi connectivity index (χ0n) is 12.1. The van der Waals surface area contributed by atoms with E-state index in [9.17, 15) is 0 Å². The van der Waals surface area contributed by atoms with Gasteiger partial charge in [-0.3, -0.25) is 0 Å². The average Bonchev–Trinajstić information content (AvgIpc) is 3.18. The minimum absolute atomic E-state index is 0.704. The molecule has 3 nitrogen and oxygen atoms in total. The quantitative estimate of drug-likeness (QED) is 0.561. The number of hydrogen-bond acceptors (Lipinski definition) is 2. The molecule has 2 aromatic carbocycles. The van der Waals surface area contributed by atoms with Gasteiger partial charge in [-0.05, 0) is 29.8 Å². The summed E-state index contributed by atoms with van der Waals surface area (Å²) >= 11 is 0. The Kier molecular flexibility index (Phi) is 3.24. The molecule has 0 spiro atoms. The van der Waals surface area contributed by atoms with Crippen molar-refractivity contribution in [3.05, 3.63) is 90.1 Å². The summed E-state index contributed by atoms with van der Waals surface area (Å²) in [4.78, 5) is 4.81. The third-order valence-electron chi connectivity index (χ3n) is 3.83. The van der Waals surface area contributed by atoms with Gasteiger partial charge in [0.25, 0.3) is 0 Å². The molecule has 0 aliphatic heterocycles. The summed E-state index contributed by atoms with van der Waals surface area (Å²) in [7, 11) is 0. The van der Waals surface area contributed by atoms with Crippen molar-refractivity contribution in [3.63, 3.8) is 0 Å². The molecule has 0 atom stereocenters. The molecule has 0 saturated heterocycles. The van der Waals surface area contributed by atoms with E-state index in [2.05, 4.69) is 47.0 Å². The molecule has 0 aliphatic rings. The molecule has 2 heterocycles. The molecule has 22 heavy (non-hydrogen) atoms. The molecule has 108 valence electrons. The van der Waals surface area contributed by atoms with Gasteiger partial charge in [0.05, 0.1) is 23.8 Å². The van der Waals surface area contributed by atoms with Crippen LogP contribution in [0.4, 0.5) is 0 Å². The van der Waals surface area contributed by atoms with Crippen LogP contribution in [0.25, 0.3) is 11.0 Å². The number of nitrogens with zero attached hydrogens (tertiary/aromatic N) is 2. The summed E-state index contributed by atoms with van der Waals surface area (Å²) in [6.45, 7) is 0.704. The molecule has 4 rings (SSSR count). The summed E-state index contributed by atoms with van der Waals surface area (Å²) in [6, 6.07) is 22.6. The maximum atomic E-state index is 5.51. The summed E-state index contributed by atoms with van der Waals surface area (Å²) in [6.07, 6.45) is 2.53. The minimum atomic E-state index is 0.704. The number of hydrogen-bond donors (Lipinski definition) is 0. The second kappa shape index (κ2) is 5.53. The second-order valence-electron chi connectivity index (χ2n) is 5.34. The number of para-hydroxylation sites is 2. The lowest BCUT2D eigenvalue weighted by molar-refractivity contribution is 0.492. The van der Waals surface area contributed by atoms with Crippen LogP contribution in [0, 0.1) is 0 Å². The predicted molar refractivity (Wildman–Crippen MR) is 86.8 cm³/mol. The third kappa shape index (κ3) is 2.42. The van der Waals surface area contributed by atoms with Gasteiger partial charge in [0, 0.05) is 6.42 Å². The van der Waals surface area contributed by atoms with Crippen LogP contribution in [0.2, 0.25) is 0 Å². The maximum Gasteiger partial charge on any atom is 0.123 e. The molecule has 3 heteroatoms. The molecule has 2 aromatic heterocycles. The molecule has 0 aliphatic carbocycles. The van der Waals surface area contributed by atoms with E-state index < -0.39 is 0 Å². The number of benzene rings is 2. The summed E-state index contributed by atoms with van der Waals surface area (Å²) in [5.41, 5.74) is 3.43. The number of furan rings is 1. The third-order valence-corrected chi connectivity index (χ3v) is 3.83. The first-order valence-electron chi connectivity index (χ1n) is 7.40. The van der Waals surface area contributed by atoms with Crippen molar-refractivity contribution < 1.29 is 4.42 Å². The fourth-order valence-electron chi connectivity index (χ4n) is 2.77. The number of aromatic nitrogens is 2. The van der Waals surface area contributed by atoms with Crippen LogP contribution in [0.15, 0.2) is 77.4 Å². The van der Waals surface area contributed by atoms with Gasteiger partial charge in [0.15, 0.2) is 0 Å². The van der Waals surface area contributed by atoms with E-state index in [1.165, 1.54) is 5.56 Å².